The van der Waals surface area contributed by atoms with E-state index in [0.29, 0.717) is 11.8 Å². The molecule has 2 heterocycles. The van der Waals surface area contributed by atoms with Crippen molar-refractivity contribution in [3.8, 4) is 0 Å². The first-order valence-electron chi connectivity index (χ1n) is 8.82. The number of carbonyl (C=O) groups is 1. The Morgan fingerprint density at radius 1 is 1.05 bits per heavy atom. The highest BCUT2D eigenvalue weighted by atomic mass is 16.2. The van der Waals surface area contributed by atoms with E-state index in [0.717, 1.165) is 44.7 Å². The Morgan fingerprint density at radius 2 is 1.71 bits per heavy atom. The zero-order valence-electron chi connectivity index (χ0n) is 13.6. The maximum atomic E-state index is 12.9. The second-order valence-corrected chi connectivity index (χ2v) is 7.64. The lowest BCUT2D eigenvalue weighted by Gasteiger charge is -2.35. The SMILES string of the molecule is CC1=C(C2CCC(C)CC2)NC(=O)C2(CCNCC2)CC1. The number of allylic oxidation sites excluding steroid dienone is 2. The van der Waals surface area contributed by atoms with Gasteiger partial charge in [-0.1, -0.05) is 25.3 Å². The van der Waals surface area contributed by atoms with Crippen LogP contribution in [0.5, 0.6) is 0 Å². The van der Waals surface area contributed by atoms with Gasteiger partial charge in [0, 0.05) is 5.70 Å². The lowest BCUT2D eigenvalue weighted by molar-refractivity contribution is -0.132. The summed E-state index contributed by atoms with van der Waals surface area (Å²) in [6, 6.07) is 0. The van der Waals surface area contributed by atoms with Crippen LogP contribution in [0, 0.1) is 17.3 Å². The van der Waals surface area contributed by atoms with Gasteiger partial charge in [0.15, 0.2) is 0 Å². The smallest absolute Gasteiger partial charge is 0.230 e. The van der Waals surface area contributed by atoms with E-state index in [1.807, 2.05) is 0 Å². The lowest BCUT2D eigenvalue weighted by Crippen LogP contribution is -2.47. The number of hydrogen-bond donors (Lipinski definition) is 2. The predicted octanol–water partition coefficient (Wildman–Crippen LogP) is 3.37. The minimum atomic E-state index is -0.101. The second-order valence-electron chi connectivity index (χ2n) is 7.64. The molecule has 2 fully saturated rings. The first kappa shape index (κ1) is 15.1. The summed E-state index contributed by atoms with van der Waals surface area (Å²) in [5, 5.41) is 6.78. The molecule has 2 N–H and O–H groups in total. The van der Waals surface area contributed by atoms with Crippen molar-refractivity contribution >= 4 is 5.91 Å². The van der Waals surface area contributed by atoms with Crippen molar-refractivity contribution in [1.82, 2.24) is 10.6 Å². The van der Waals surface area contributed by atoms with Gasteiger partial charge in [-0.3, -0.25) is 4.79 Å². The summed E-state index contributed by atoms with van der Waals surface area (Å²) in [6.07, 6.45) is 9.27. The quantitative estimate of drug-likeness (QED) is 0.777. The molecule has 1 amide bonds. The molecule has 3 aliphatic rings. The van der Waals surface area contributed by atoms with E-state index in [2.05, 4.69) is 24.5 Å². The fourth-order valence-corrected chi connectivity index (χ4v) is 4.42. The molecule has 1 saturated carbocycles. The van der Waals surface area contributed by atoms with Crippen LogP contribution >= 0.6 is 0 Å². The highest BCUT2D eigenvalue weighted by molar-refractivity contribution is 5.85. The zero-order chi connectivity index (χ0) is 14.9. The summed E-state index contributed by atoms with van der Waals surface area (Å²) >= 11 is 0. The molecule has 3 nitrogen and oxygen atoms in total. The third-order valence-electron chi connectivity index (χ3n) is 6.15. The topological polar surface area (TPSA) is 41.1 Å². The van der Waals surface area contributed by atoms with Gasteiger partial charge in [0.1, 0.15) is 0 Å². The average Bonchev–Trinajstić information content (AvgIpc) is 2.62. The van der Waals surface area contributed by atoms with Crippen LogP contribution in [0.15, 0.2) is 11.3 Å². The maximum absolute atomic E-state index is 12.9. The number of carbonyl (C=O) groups excluding carboxylic acids is 1. The standard InChI is InChI=1S/C18H30N2O/c1-13-3-5-15(6-4-13)16-14(2)7-8-18(17(21)20-16)9-11-19-12-10-18/h13,15,19H,3-12H2,1-2H3,(H,20,21). The van der Waals surface area contributed by atoms with Crippen LogP contribution in [0.3, 0.4) is 0 Å². The van der Waals surface area contributed by atoms with Crippen LogP contribution in [-0.2, 0) is 4.79 Å². The number of hydrogen-bond acceptors (Lipinski definition) is 2. The second kappa shape index (κ2) is 6.12. The summed E-state index contributed by atoms with van der Waals surface area (Å²) in [5.74, 6) is 1.77. The van der Waals surface area contributed by atoms with Crippen LogP contribution in [0.1, 0.15) is 65.2 Å². The van der Waals surface area contributed by atoms with Crippen LogP contribution < -0.4 is 10.6 Å². The van der Waals surface area contributed by atoms with Gasteiger partial charge in [0.2, 0.25) is 5.91 Å². The van der Waals surface area contributed by atoms with Gasteiger partial charge in [-0.25, -0.2) is 0 Å². The van der Waals surface area contributed by atoms with Gasteiger partial charge in [-0.2, -0.15) is 0 Å². The average molecular weight is 290 g/mol. The largest absolute Gasteiger partial charge is 0.329 e. The monoisotopic (exact) mass is 290 g/mol. The van der Waals surface area contributed by atoms with E-state index in [4.69, 9.17) is 0 Å². The summed E-state index contributed by atoms with van der Waals surface area (Å²) in [4.78, 5) is 12.9. The number of nitrogens with one attached hydrogen (secondary N) is 2. The molecule has 0 aromatic rings. The molecule has 21 heavy (non-hydrogen) atoms. The fourth-order valence-electron chi connectivity index (χ4n) is 4.42. The summed E-state index contributed by atoms with van der Waals surface area (Å²) < 4.78 is 0. The molecule has 0 aromatic heterocycles. The Bertz CT molecular complexity index is 426. The molecule has 2 aliphatic heterocycles. The Morgan fingerprint density at radius 3 is 2.38 bits per heavy atom. The maximum Gasteiger partial charge on any atom is 0.230 e. The molecule has 1 aliphatic carbocycles. The van der Waals surface area contributed by atoms with E-state index in [-0.39, 0.29) is 5.41 Å². The summed E-state index contributed by atoms with van der Waals surface area (Å²) in [7, 11) is 0. The normalized spacial score (nSPS) is 33.7. The molecule has 0 atom stereocenters. The van der Waals surface area contributed by atoms with E-state index in [1.54, 1.807) is 0 Å². The fraction of sp³-hybridized carbons (Fsp3) is 0.833. The van der Waals surface area contributed by atoms with Crippen molar-refractivity contribution in [2.75, 3.05) is 13.1 Å². The van der Waals surface area contributed by atoms with Crippen LogP contribution in [-0.4, -0.2) is 19.0 Å². The van der Waals surface area contributed by atoms with Crippen molar-refractivity contribution in [2.24, 2.45) is 17.3 Å². The zero-order valence-corrected chi connectivity index (χ0v) is 13.6. The van der Waals surface area contributed by atoms with Crippen molar-refractivity contribution in [1.29, 1.82) is 0 Å². The highest BCUT2D eigenvalue weighted by Crippen LogP contribution is 2.41. The van der Waals surface area contributed by atoms with Crippen molar-refractivity contribution in [3.63, 3.8) is 0 Å². The van der Waals surface area contributed by atoms with Gasteiger partial charge in [-0.15, -0.1) is 0 Å². The molecule has 1 saturated heterocycles. The first-order chi connectivity index (χ1) is 10.1. The molecule has 0 radical (unpaired) electrons. The third kappa shape index (κ3) is 3.03. The summed E-state index contributed by atoms with van der Waals surface area (Å²) in [6.45, 7) is 6.58. The molecule has 118 valence electrons. The lowest BCUT2D eigenvalue weighted by atomic mass is 9.74. The van der Waals surface area contributed by atoms with Gasteiger partial charge in [0.05, 0.1) is 5.41 Å². The molecular weight excluding hydrogens is 260 g/mol. The van der Waals surface area contributed by atoms with E-state index in [9.17, 15) is 4.79 Å². The van der Waals surface area contributed by atoms with Gasteiger partial charge in [-0.05, 0) is 70.4 Å². The molecule has 0 unspecified atom stereocenters. The van der Waals surface area contributed by atoms with Crippen molar-refractivity contribution in [3.05, 3.63) is 11.3 Å². The van der Waals surface area contributed by atoms with E-state index >= 15 is 0 Å². The third-order valence-corrected chi connectivity index (χ3v) is 6.15. The Balaban J connectivity index is 1.75. The van der Waals surface area contributed by atoms with Crippen LogP contribution in [0.25, 0.3) is 0 Å². The highest BCUT2D eigenvalue weighted by Gasteiger charge is 2.41. The molecule has 3 rings (SSSR count). The first-order valence-corrected chi connectivity index (χ1v) is 8.82. The molecule has 0 aromatic carbocycles. The Labute approximate surface area is 128 Å². The van der Waals surface area contributed by atoms with Crippen LogP contribution in [0.2, 0.25) is 0 Å². The Kier molecular flexibility index (Phi) is 4.39. The van der Waals surface area contributed by atoms with Gasteiger partial charge in [0.25, 0.3) is 0 Å². The number of rotatable bonds is 1. The van der Waals surface area contributed by atoms with Crippen molar-refractivity contribution in [2.45, 2.75) is 65.2 Å². The minimum absolute atomic E-state index is 0.101. The number of piperidine rings is 1. The Hall–Kier alpha value is -0.830. The predicted molar refractivity (Wildman–Crippen MR) is 85.7 cm³/mol. The molecular formula is C18H30N2O. The van der Waals surface area contributed by atoms with Crippen LogP contribution in [0.4, 0.5) is 0 Å². The minimum Gasteiger partial charge on any atom is -0.329 e. The van der Waals surface area contributed by atoms with E-state index < -0.39 is 0 Å². The molecule has 0 bridgehead atoms. The van der Waals surface area contributed by atoms with Gasteiger partial charge < -0.3 is 10.6 Å². The molecule has 1 spiro atoms. The van der Waals surface area contributed by atoms with E-state index in [1.165, 1.54) is 37.0 Å². The summed E-state index contributed by atoms with van der Waals surface area (Å²) in [5.41, 5.74) is 2.64. The van der Waals surface area contributed by atoms with Gasteiger partial charge >= 0.3 is 0 Å². The van der Waals surface area contributed by atoms with Crippen molar-refractivity contribution < 1.29 is 4.79 Å². The number of amides is 1. The molecule has 3 heteroatoms.